The number of benzene rings is 3. The van der Waals surface area contributed by atoms with Gasteiger partial charge in [0.1, 0.15) is 25.0 Å². The van der Waals surface area contributed by atoms with E-state index in [-0.39, 0.29) is 37.6 Å². The van der Waals surface area contributed by atoms with E-state index < -0.39 is 46.9 Å². The molecule has 2 saturated heterocycles. The van der Waals surface area contributed by atoms with Crippen LogP contribution in [-0.4, -0.2) is 98.5 Å². The third kappa shape index (κ3) is 5.41. The molecule has 7 aliphatic rings. The summed E-state index contributed by atoms with van der Waals surface area (Å²) in [6.45, 7) is 9.44. The summed E-state index contributed by atoms with van der Waals surface area (Å²) in [5.74, 6) is 1.90. The monoisotopic (exact) mass is 810 g/mol. The first-order valence-electron chi connectivity index (χ1n) is 19.4. The number of aromatic hydroxyl groups is 1. The van der Waals surface area contributed by atoms with Crippen LogP contribution in [0, 0.1) is 25.2 Å². The lowest BCUT2D eigenvalue weighted by Gasteiger charge is -2.62. The molecule has 2 N–H and O–H groups in total. The van der Waals surface area contributed by atoms with Gasteiger partial charge in [-0.3, -0.25) is 19.9 Å². The van der Waals surface area contributed by atoms with Crippen molar-refractivity contribution in [3.63, 3.8) is 0 Å². The second-order valence-corrected chi connectivity index (χ2v) is 16.8. The van der Waals surface area contributed by atoms with Crippen LogP contribution in [0.15, 0.2) is 30.9 Å². The highest BCUT2D eigenvalue weighted by Crippen LogP contribution is 2.64. The van der Waals surface area contributed by atoms with Crippen molar-refractivity contribution in [3.8, 4) is 46.3 Å². The zero-order chi connectivity index (χ0) is 40.8. The minimum atomic E-state index is -1.33. The van der Waals surface area contributed by atoms with E-state index in [1.165, 1.54) is 18.7 Å². The first-order valence-corrected chi connectivity index (χ1v) is 20.5. The molecule has 0 saturated carbocycles. The molecular formula is C43H46N4O10S. The Morgan fingerprint density at radius 3 is 2.62 bits per heavy atom. The number of carbonyl (C=O) groups excluding carboxylic acids is 2. The molecule has 58 heavy (non-hydrogen) atoms. The highest BCUT2D eigenvalue weighted by atomic mass is 32.2. The van der Waals surface area contributed by atoms with E-state index in [1.54, 1.807) is 20.3 Å². The molecule has 15 heteroatoms. The lowest BCUT2D eigenvalue weighted by molar-refractivity contribution is -0.157. The number of thioether (sulfide) groups is 1. The molecule has 14 nitrogen and oxygen atoms in total. The molecule has 0 aliphatic carbocycles. The molecular weight excluding hydrogens is 765 g/mol. The molecule has 7 aliphatic heterocycles. The fraction of sp³-hybridized carbons (Fsp3) is 0.465. The Labute approximate surface area is 340 Å². The van der Waals surface area contributed by atoms with Crippen molar-refractivity contribution in [2.75, 3.05) is 53.6 Å². The SMILES string of the molecule is C=CCOc1cc2c(cc1OC)[C@@]1(CS[C@@H]3c4c(OC(C)=O)c(C)c5c(c4[C@H](COC1=O)N1[C@@H]3[C@@H]3c4c(cc(C)c(OC)c4O)C[C@@H]([C@@H]1C#N)N3C)OCO5)NCC2. The van der Waals surface area contributed by atoms with Crippen molar-refractivity contribution in [1.29, 1.82) is 5.26 Å². The molecule has 0 radical (unpaired) electrons. The van der Waals surface area contributed by atoms with Crippen molar-refractivity contribution < 1.29 is 47.9 Å². The average molecular weight is 811 g/mol. The smallest absolute Gasteiger partial charge is 0.331 e. The molecule has 10 rings (SSSR count). The third-order valence-corrected chi connectivity index (χ3v) is 14.2. The predicted octanol–water partition coefficient (Wildman–Crippen LogP) is 4.85. The number of phenolic OH excluding ortho intramolecular Hbond substituents is 1. The van der Waals surface area contributed by atoms with Gasteiger partial charge in [0, 0.05) is 53.6 Å². The number of carbonyl (C=O) groups is 2. The standard InChI is InChI=1S/C43H46N4O10S/c1-8-11-53-30-14-23-9-10-45-43(25(23)15-29(30)51-6)18-58-41-33-32(40-39(55-19-56-40)21(3)38(33)57-22(4)48)28(17-54-42(43)50)47-27(16-44)26-13-24-12-20(2)37(52-7)36(49)31(24)34(35(41)47)46(26)5/h8,12,14-15,26-28,34-35,41,45,49H,1,9-11,13,17-19H2,2-7H3/t26-,27-,28-,34-,35+,41+,43+/m0/s1. The van der Waals surface area contributed by atoms with Crippen molar-refractivity contribution in [2.45, 2.75) is 74.6 Å². The van der Waals surface area contributed by atoms with Crippen LogP contribution in [0.4, 0.5) is 0 Å². The van der Waals surface area contributed by atoms with Crippen LogP contribution in [0.2, 0.25) is 0 Å². The molecule has 0 aromatic heterocycles. The minimum absolute atomic E-state index is 0.0516. The largest absolute Gasteiger partial charge is 0.504 e. The number of nitriles is 1. The van der Waals surface area contributed by atoms with Gasteiger partial charge in [0.2, 0.25) is 6.79 Å². The predicted molar refractivity (Wildman–Crippen MR) is 212 cm³/mol. The van der Waals surface area contributed by atoms with Crippen LogP contribution in [0.1, 0.15) is 68.8 Å². The van der Waals surface area contributed by atoms with Gasteiger partial charge < -0.3 is 38.3 Å². The highest BCUT2D eigenvalue weighted by molar-refractivity contribution is 7.99. The molecule has 0 amide bonds. The number of esters is 2. The van der Waals surface area contributed by atoms with Crippen molar-refractivity contribution >= 4 is 23.7 Å². The third-order valence-electron chi connectivity index (χ3n) is 12.8. The summed E-state index contributed by atoms with van der Waals surface area (Å²) in [4.78, 5) is 32.3. The topological polar surface area (TPSA) is 161 Å². The van der Waals surface area contributed by atoms with Crippen LogP contribution in [0.25, 0.3) is 0 Å². The Morgan fingerprint density at radius 1 is 1.10 bits per heavy atom. The molecule has 7 heterocycles. The molecule has 0 unspecified atom stereocenters. The number of hydrogen-bond acceptors (Lipinski definition) is 15. The van der Waals surface area contributed by atoms with E-state index in [0.29, 0.717) is 81.7 Å². The van der Waals surface area contributed by atoms with Crippen LogP contribution in [0.5, 0.6) is 40.2 Å². The number of nitrogens with zero attached hydrogens (tertiary/aromatic N) is 3. The Morgan fingerprint density at radius 2 is 1.90 bits per heavy atom. The maximum absolute atomic E-state index is 14.9. The number of hydrogen-bond donors (Lipinski definition) is 2. The van der Waals surface area contributed by atoms with Crippen molar-refractivity contribution in [3.05, 3.63) is 75.4 Å². The first-order chi connectivity index (χ1) is 28.0. The summed E-state index contributed by atoms with van der Waals surface area (Å²) < 4.78 is 42.6. The molecule has 1 spiro atoms. The molecule has 7 atom stereocenters. The van der Waals surface area contributed by atoms with E-state index in [2.05, 4.69) is 33.8 Å². The van der Waals surface area contributed by atoms with Gasteiger partial charge in [-0.1, -0.05) is 18.7 Å². The summed E-state index contributed by atoms with van der Waals surface area (Å²) in [7, 11) is 5.11. The lowest BCUT2D eigenvalue weighted by Crippen LogP contribution is -2.69. The van der Waals surface area contributed by atoms with Gasteiger partial charge in [0.05, 0.1) is 37.6 Å². The quantitative estimate of drug-likeness (QED) is 0.198. The average Bonchev–Trinajstić information content (AvgIpc) is 3.70. The number of methoxy groups -OCH3 is 2. The number of ether oxygens (including phenoxy) is 7. The van der Waals surface area contributed by atoms with Crippen LogP contribution < -0.4 is 33.7 Å². The number of aryl methyl sites for hydroxylation is 1. The molecule has 3 aromatic carbocycles. The van der Waals surface area contributed by atoms with Crippen molar-refractivity contribution in [2.24, 2.45) is 0 Å². The second-order valence-electron chi connectivity index (χ2n) is 15.7. The van der Waals surface area contributed by atoms with Gasteiger partial charge in [0.25, 0.3) is 0 Å². The van der Waals surface area contributed by atoms with Gasteiger partial charge in [-0.15, -0.1) is 11.8 Å². The van der Waals surface area contributed by atoms with Crippen LogP contribution >= 0.6 is 11.8 Å². The Bertz CT molecular complexity index is 2310. The minimum Gasteiger partial charge on any atom is -0.504 e. The van der Waals surface area contributed by atoms with Gasteiger partial charge in [0.15, 0.2) is 40.0 Å². The van der Waals surface area contributed by atoms with E-state index >= 15 is 0 Å². The molecule has 4 bridgehead atoms. The Balaban J connectivity index is 1.31. The van der Waals surface area contributed by atoms with Crippen molar-refractivity contribution in [1.82, 2.24) is 15.1 Å². The maximum Gasteiger partial charge on any atom is 0.331 e. The van der Waals surface area contributed by atoms with E-state index in [1.807, 2.05) is 33.0 Å². The second kappa shape index (κ2) is 14.3. The van der Waals surface area contributed by atoms with Gasteiger partial charge in [-0.25, -0.2) is 4.79 Å². The van der Waals surface area contributed by atoms with Crippen LogP contribution in [0.3, 0.4) is 0 Å². The van der Waals surface area contributed by atoms with Crippen LogP contribution in [-0.2, 0) is 32.7 Å². The summed E-state index contributed by atoms with van der Waals surface area (Å²) in [6.07, 6.45) is 2.78. The summed E-state index contributed by atoms with van der Waals surface area (Å²) in [6, 6.07) is 5.78. The van der Waals surface area contributed by atoms with E-state index in [0.717, 1.165) is 16.7 Å². The maximum atomic E-state index is 14.9. The van der Waals surface area contributed by atoms with Gasteiger partial charge in [-0.05, 0) is 68.1 Å². The fourth-order valence-corrected chi connectivity index (χ4v) is 12.1. The Kier molecular flexibility index (Phi) is 9.46. The number of nitrogens with one attached hydrogen (secondary N) is 1. The normalized spacial score (nSPS) is 27.9. The fourth-order valence-electron chi connectivity index (χ4n) is 10.4. The number of rotatable bonds is 6. The first kappa shape index (κ1) is 38.4. The van der Waals surface area contributed by atoms with Gasteiger partial charge in [-0.2, -0.15) is 5.26 Å². The van der Waals surface area contributed by atoms with E-state index in [9.17, 15) is 20.0 Å². The Hall–Kier alpha value is -5.14. The zero-order valence-electron chi connectivity index (χ0n) is 33.3. The molecule has 304 valence electrons. The summed E-state index contributed by atoms with van der Waals surface area (Å²) in [5.41, 5.74) is 4.71. The number of likely N-dealkylation sites (N-methyl/N-ethyl adjacent to an activating group) is 1. The number of fused-ring (bicyclic) bond motifs is 9. The summed E-state index contributed by atoms with van der Waals surface area (Å²) in [5, 5.41) is 26.3. The molecule has 2 fully saturated rings. The molecule has 3 aromatic rings. The summed E-state index contributed by atoms with van der Waals surface area (Å²) >= 11 is 1.51. The lowest BCUT2D eigenvalue weighted by atomic mass is 9.71. The zero-order valence-corrected chi connectivity index (χ0v) is 34.1. The number of piperazine rings is 1. The van der Waals surface area contributed by atoms with E-state index in [4.69, 9.17) is 33.2 Å². The number of phenols is 1. The van der Waals surface area contributed by atoms with Gasteiger partial charge >= 0.3 is 11.9 Å². The highest BCUT2D eigenvalue weighted by Gasteiger charge is 2.62.